The molecule has 1 saturated heterocycles. The third-order valence-corrected chi connectivity index (χ3v) is 4.12. The van der Waals surface area contributed by atoms with Gasteiger partial charge in [-0.05, 0) is 0 Å². The van der Waals surface area contributed by atoms with E-state index in [9.17, 15) is 14.4 Å². The number of rotatable bonds is 5. The van der Waals surface area contributed by atoms with E-state index in [-0.39, 0.29) is 42.0 Å². The minimum atomic E-state index is -0.654. The van der Waals surface area contributed by atoms with Gasteiger partial charge in [-0.25, -0.2) is 4.98 Å². The van der Waals surface area contributed by atoms with E-state index in [0.717, 1.165) is 0 Å². The molecule has 0 unspecified atom stereocenters. The van der Waals surface area contributed by atoms with E-state index >= 15 is 0 Å². The molecular formula is C16H21N5O6. The van der Waals surface area contributed by atoms with Gasteiger partial charge in [0.1, 0.15) is 25.0 Å². The van der Waals surface area contributed by atoms with Crippen molar-refractivity contribution in [3.63, 3.8) is 0 Å². The molecule has 0 aliphatic carbocycles. The van der Waals surface area contributed by atoms with Gasteiger partial charge in [0, 0.05) is 13.3 Å². The normalized spacial score (nSPS) is 22.3. The monoisotopic (exact) mass is 379 g/mol. The number of H-pyrrole nitrogens is 1. The third-order valence-electron chi connectivity index (χ3n) is 4.12. The highest BCUT2D eigenvalue weighted by Gasteiger charge is 2.40. The fraction of sp³-hybridized carbons (Fsp3) is 0.562. The van der Waals surface area contributed by atoms with Crippen molar-refractivity contribution in [2.45, 2.75) is 45.6 Å². The smallest absolute Gasteiger partial charge is 0.308 e. The molecule has 1 aliphatic heterocycles. The lowest BCUT2D eigenvalue weighted by Gasteiger charge is -2.18. The van der Waals surface area contributed by atoms with E-state index in [4.69, 9.17) is 19.9 Å². The summed E-state index contributed by atoms with van der Waals surface area (Å²) >= 11 is 0. The largest absolute Gasteiger partial charge is 0.463 e. The van der Waals surface area contributed by atoms with Crippen LogP contribution in [-0.2, 0) is 23.8 Å². The Morgan fingerprint density at radius 2 is 2.22 bits per heavy atom. The average molecular weight is 379 g/mol. The van der Waals surface area contributed by atoms with Gasteiger partial charge >= 0.3 is 11.9 Å². The maximum Gasteiger partial charge on any atom is 0.308 e. The van der Waals surface area contributed by atoms with Crippen molar-refractivity contribution >= 4 is 29.1 Å². The van der Waals surface area contributed by atoms with Crippen LogP contribution >= 0.6 is 0 Å². The molecule has 3 heterocycles. The van der Waals surface area contributed by atoms with Crippen molar-refractivity contribution in [2.24, 2.45) is 5.92 Å². The van der Waals surface area contributed by atoms with Gasteiger partial charge in [0.25, 0.3) is 5.56 Å². The van der Waals surface area contributed by atoms with Crippen LogP contribution < -0.4 is 11.3 Å². The Morgan fingerprint density at radius 3 is 2.89 bits per heavy atom. The van der Waals surface area contributed by atoms with Crippen LogP contribution in [0.2, 0.25) is 0 Å². The number of nitrogens with zero attached hydrogens (tertiary/aromatic N) is 3. The van der Waals surface area contributed by atoms with E-state index in [1.165, 1.54) is 13.3 Å². The van der Waals surface area contributed by atoms with Crippen LogP contribution in [0.5, 0.6) is 0 Å². The van der Waals surface area contributed by atoms with Gasteiger partial charge in [-0.3, -0.25) is 23.9 Å². The second-order valence-corrected chi connectivity index (χ2v) is 6.57. The molecule has 2 aromatic rings. The van der Waals surface area contributed by atoms with Gasteiger partial charge in [0.05, 0.1) is 12.2 Å². The first-order chi connectivity index (χ1) is 12.8. The van der Waals surface area contributed by atoms with Crippen LogP contribution in [0.15, 0.2) is 11.1 Å². The van der Waals surface area contributed by atoms with Crippen molar-refractivity contribution in [3.8, 4) is 0 Å². The van der Waals surface area contributed by atoms with Gasteiger partial charge < -0.3 is 19.9 Å². The molecule has 11 heteroatoms. The predicted octanol–water partition coefficient (Wildman–Crippen LogP) is 0.120. The summed E-state index contributed by atoms with van der Waals surface area (Å²) < 4.78 is 18.0. The number of ether oxygens (including phenoxy) is 3. The standard InChI is InChI=1S/C16H21N5O6/c1-7(2)15(24)25-5-10-9(26-8(3)22)4-11(27-10)21-6-18-12-13(21)19-16(17)20-14(12)23/h6-7,9-11H,4-5H2,1-3H3,(H3,17,19,20,23)/t9-,10+,11+/m0/s1. The molecule has 0 bridgehead atoms. The SMILES string of the molecule is CC(=O)O[C@H]1C[C@H](n2cnc3c(=O)[nH]c(N)nc32)O[C@@H]1COC(=O)C(C)C. The molecule has 3 atom stereocenters. The van der Waals surface area contributed by atoms with Crippen LogP contribution in [0.4, 0.5) is 5.95 Å². The number of nitrogen functional groups attached to an aromatic ring is 1. The first-order valence-corrected chi connectivity index (χ1v) is 8.48. The van der Waals surface area contributed by atoms with E-state index in [0.29, 0.717) is 0 Å². The Hall–Kier alpha value is -2.95. The summed E-state index contributed by atoms with van der Waals surface area (Å²) in [6, 6.07) is 0. The number of anilines is 1. The number of nitrogens with one attached hydrogen (secondary N) is 1. The zero-order valence-electron chi connectivity index (χ0n) is 15.2. The Morgan fingerprint density at radius 1 is 1.48 bits per heavy atom. The summed E-state index contributed by atoms with van der Waals surface area (Å²) in [5.41, 5.74) is 5.51. The van der Waals surface area contributed by atoms with E-state index < -0.39 is 30.0 Å². The van der Waals surface area contributed by atoms with E-state index in [1.807, 2.05) is 0 Å². The zero-order valence-corrected chi connectivity index (χ0v) is 15.2. The first kappa shape index (κ1) is 18.8. The molecule has 2 aromatic heterocycles. The molecule has 0 amide bonds. The van der Waals surface area contributed by atoms with Gasteiger partial charge in [0.2, 0.25) is 5.95 Å². The quantitative estimate of drug-likeness (QED) is 0.690. The number of esters is 2. The number of imidazole rings is 1. The van der Waals surface area contributed by atoms with E-state index in [1.54, 1.807) is 18.4 Å². The molecule has 1 aliphatic rings. The summed E-state index contributed by atoms with van der Waals surface area (Å²) in [7, 11) is 0. The van der Waals surface area contributed by atoms with Gasteiger partial charge in [-0.15, -0.1) is 0 Å². The highest BCUT2D eigenvalue weighted by Crippen LogP contribution is 2.32. The maximum atomic E-state index is 11.9. The lowest BCUT2D eigenvalue weighted by molar-refractivity contribution is -0.158. The zero-order chi connectivity index (χ0) is 19.7. The maximum absolute atomic E-state index is 11.9. The number of aromatic nitrogens is 4. The number of fused-ring (bicyclic) bond motifs is 1. The molecule has 0 radical (unpaired) electrons. The van der Waals surface area contributed by atoms with Crippen LogP contribution in [0, 0.1) is 5.92 Å². The van der Waals surface area contributed by atoms with Crippen molar-refractivity contribution in [3.05, 3.63) is 16.7 Å². The number of nitrogens with two attached hydrogens (primary N) is 1. The number of carbonyl (C=O) groups is 2. The Balaban J connectivity index is 1.84. The molecule has 27 heavy (non-hydrogen) atoms. The molecule has 3 rings (SSSR count). The predicted molar refractivity (Wildman–Crippen MR) is 92.4 cm³/mol. The number of carbonyl (C=O) groups excluding carboxylic acids is 2. The van der Waals surface area contributed by atoms with Crippen LogP contribution in [0.25, 0.3) is 11.2 Å². The Kier molecular flexibility index (Phi) is 5.13. The lowest BCUT2D eigenvalue weighted by atomic mass is 10.2. The molecule has 1 fully saturated rings. The number of hydrogen-bond acceptors (Lipinski definition) is 9. The third kappa shape index (κ3) is 3.92. The van der Waals surface area contributed by atoms with Gasteiger partial charge in [0.15, 0.2) is 11.2 Å². The number of aromatic amines is 1. The topological polar surface area (TPSA) is 151 Å². The Bertz CT molecular complexity index is 920. The molecule has 0 saturated carbocycles. The highest BCUT2D eigenvalue weighted by atomic mass is 16.6. The van der Waals surface area contributed by atoms with E-state index in [2.05, 4.69) is 15.0 Å². The lowest BCUT2D eigenvalue weighted by Crippen LogP contribution is -2.32. The summed E-state index contributed by atoms with van der Waals surface area (Å²) in [5.74, 6) is -1.19. The Labute approximate surface area is 153 Å². The van der Waals surface area contributed by atoms with Crippen LogP contribution in [-0.4, -0.2) is 50.3 Å². The minimum absolute atomic E-state index is 0.0498. The highest BCUT2D eigenvalue weighted by molar-refractivity contribution is 5.71. The molecule has 0 spiro atoms. The fourth-order valence-electron chi connectivity index (χ4n) is 2.84. The number of hydrogen-bond donors (Lipinski definition) is 2. The van der Waals surface area contributed by atoms with Crippen molar-refractivity contribution in [1.29, 1.82) is 0 Å². The molecule has 3 N–H and O–H groups in total. The summed E-state index contributed by atoms with van der Waals surface area (Å²) in [6.07, 6.45) is -0.202. The molecule has 11 nitrogen and oxygen atoms in total. The second kappa shape index (κ2) is 7.35. The molecular weight excluding hydrogens is 358 g/mol. The molecule has 146 valence electrons. The summed E-state index contributed by atoms with van der Waals surface area (Å²) in [4.78, 5) is 45.6. The van der Waals surface area contributed by atoms with Crippen LogP contribution in [0.3, 0.4) is 0 Å². The average Bonchev–Trinajstić information content (AvgIpc) is 3.15. The van der Waals surface area contributed by atoms with Crippen LogP contribution in [0.1, 0.15) is 33.4 Å². The van der Waals surface area contributed by atoms with Crippen molar-refractivity contribution < 1.29 is 23.8 Å². The summed E-state index contributed by atoms with van der Waals surface area (Å²) in [5, 5.41) is 0. The first-order valence-electron chi connectivity index (χ1n) is 8.48. The fourth-order valence-corrected chi connectivity index (χ4v) is 2.84. The molecule has 0 aromatic carbocycles. The van der Waals surface area contributed by atoms with Crippen molar-refractivity contribution in [2.75, 3.05) is 12.3 Å². The van der Waals surface area contributed by atoms with Gasteiger partial charge in [-0.2, -0.15) is 4.98 Å². The minimum Gasteiger partial charge on any atom is -0.463 e. The summed E-state index contributed by atoms with van der Waals surface area (Å²) in [6.45, 7) is 4.66. The second-order valence-electron chi connectivity index (χ2n) is 6.57. The van der Waals surface area contributed by atoms with Crippen molar-refractivity contribution in [1.82, 2.24) is 19.5 Å². The van der Waals surface area contributed by atoms with Gasteiger partial charge in [-0.1, -0.05) is 13.8 Å².